The van der Waals surface area contributed by atoms with Crippen LogP contribution in [0.15, 0.2) is 30.5 Å². The fourth-order valence-electron chi connectivity index (χ4n) is 1.88. The van der Waals surface area contributed by atoms with Crippen molar-refractivity contribution in [3.8, 4) is 0 Å². The zero-order chi connectivity index (χ0) is 10.7. The second kappa shape index (κ2) is 4.73. The van der Waals surface area contributed by atoms with Crippen LogP contribution in [0.4, 0.5) is 0 Å². The Hall–Kier alpha value is -0.930. The normalized spacial score (nSPS) is 11.1. The number of nitrogens with zero attached hydrogens (tertiary/aromatic N) is 1. The molecule has 1 aromatic carbocycles. The van der Waals surface area contributed by atoms with E-state index in [0.29, 0.717) is 6.54 Å². The Labute approximate surface area is 94.5 Å². The van der Waals surface area contributed by atoms with Crippen LogP contribution >= 0.6 is 11.8 Å². The highest BCUT2D eigenvalue weighted by Crippen LogP contribution is 2.20. The number of benzene rings is 1. The van der Waals surface area contributed by atoms with Gasteiger partial charge in [0.1, 0.15) is 0 Å². The van der Waals surface area contributed by atoms with Gasteiger partial charge in [-0.05, 0) is 23.3 Å². The summed E-state index contributed by atoms with van der Waals surface area (Å²) in [7, 11) is 0. The van der Waals surface area contributed by atoms with Crippen LogP contribution < -0.4 is 5.73 Å². The summed E-state index contributed by atoms with van der Waals surface area (Å²) in [6, 6.07) is 8.49. The van der Waals surface area contributed by atoms with E-state index in [1.54, 1.807) is 0 Å². The number of rotatable bonds is 4. The maximum atomic E-state index is 5.75. The second-order valence-corrected chi connectivity index (χ2v) is 4.55. The standard InChI is InChI=1S/C12H16N2S/c1-15-8-7-14-6-5-10-3-2-4-11(9-13)12(10)14/h2-6H,7-9,13H2,1H3. The summed E-state index contributed by atoms with van der Waals surface area (Å²) < 4.78 is 2.30. The van der Waals surface area contributed by atoms with Gasteiger partial charge in [-0.15, -0.1) is 0 Å². The number of hydrogen-bond donors (Lipinski definition) is 1. The molecule has 0 aliphatic rings. The van der Waals surface area contributed by atoms with Crippen LogP contribution in [-0.4, -0.2) is 16.6 Å². The Kier molecular flexibility index (Phi) is 3.34. The van der Waals surface area contributed by atoms with Crippen LogP contribution in [0.5, 0.6) is 0 Å². The van der Waals surface area contributed by atoms with Crippen LogP contribution in [-0.2, 0) is 13.1 Å². The number of aryl methyl sites for hydroxylation is 1. The minimum absolute atomic E-state index is 0.612. The second-order valence-electron chi connectivity index (χ2n) is 3.56. The third kappa shape index (κ3) is 2.03. The van der Waals surface area contributed by atoms with Crippen LogP contribution in [0, 0.1) is 0 Å². The van der Waals surface area contributed by atoms with Crippen molar-refractivity contribution in [1.29, 1.82) is 0 Å². The monoisotopic (exact) mass is 220 g/mol. The third-order valence-corrected chi connectivity index (χ3v) is 3.22. The van der Waals surface area contributed by atoms with E-state index in [1.807, 2.05) is 11.8 Å². The van der Waals surface area contributed by atoms with Crippen molar-refractivity contribution in [2.45, 2.75) is 13.1 Å². The van der Waals surface area contributed by atoms with Crippen molar-refractivity contribution in [3.63, 3.8) is 0 Å². The Balaban J connectivity index is 2.46. The molecule has 0 atom stereocenters. The minimum Gasteiger partial charge on any atom is -0.346 e. The number of aromatic nitrogens is 1. The summed E-state index contributed by atoms with van der Waals surface area (Å²) in [5.41, 5.74) is 8.29. The van der Waals surface area contributed by atoms with E-state index in [9.17, 15) is 0 Å². The summed E-state index contributed by atoms with van der Waals surface area (Å²) in [6.45, 7) is 1.67. The van der Waals surface area contributed by atoms with E-state index in [2.05, 4.69) is 41.3 Å². The molecule has 3 heteroatoms. The average molecular weight is 220 g/mol. The first-order valence-corrected chi connectivity index (χ1v) is 6.52. The number of thioether (sulfide) groups is 1. The molecule has 0 amide bonds. The van der Waals surface area contributed by atoms with Crippen LogP contribution in [0.3, 0.4) is 0 Å². The van der Waals surface area contributed by atoms with Gasteiger partial charge >= 0.3 is 0 Å². The molecule has 0 radical (unpaired) electrons. The van der Waals surface area contributed by atoms with E-state index >= 15 is 0 Å². The van der Waals surface area contributed by atoms with E-state index in [-0.39, 0.29) is 0 Å². The van der Waals surface area contributed by atoms with Crippen molar-refractivity contribution in [1.82, 2.24) is 4.57 Å². The fraction of sp³-hybridized carbons (Fsp3) is 0.333. The highest BCUT2D eigenvalue weighted by Gasteiger charge is 2.04. The molecule has 2 rings (SSSR count). The van der Waals surface area contributed by atoms with E-state index < -0.39 is 0 Å². The SMILES string of the molecule is CSCCn1ccc2cccc(CN)c21. The van der Waals surface area contributed by atoms with Crippen LogP contribution in [0.2, 0.25) is 0 Å². The number of para-hydroxylation sites is 1. The first-order valence-electron chi connectivity index (χ1n) is 5.12. The fourth-order valence-corrected chi connectivity index (χ4v) is 2.26. The first-order chi connectivity index (χ1) is 7.36. The zero-order valence-corrected chi connectivity index (χ0v) is 9.76. The summed E-state index contributed by atoms with van der Waals surface area (Å²) in [6.07, 6.45) is 4.29. The first kappa shape index (κ1) is 10.6. The lowest BCUT2D eigenvalue weighted by Gasteiger charge is -2.07. The van der Waals surface area contributed by atoms with Crippen molar-refractivity contribution in [3.05, 3.63) is 36.0 Å². The highest BCUT2D eigenvalue weighted by molar-refractivity contribution is 7.98. The van der Waals surface area contributed by atoms with Gasteiger partial charge in [0.05, 0.1) is 5.52 Å². The number of nitrogens with two attached hydrogens (primary N) is 1. The molecule has 2 aromatic rings. The van der Waals surface area contributed by atoms with E-state index in [0.717, 1.165) is 12.3 Å². The lowest BCUT2D eigenvalue weighted by Crippen LogP contribution is -2.03. The van der Waals surface area contributed by atoms with E-state index in [1.165, 1.54) is 16.5 Å². The molecule has 0 spiro atoms. The highest BCUT2D eigenvalue weighted by atomic mass is 32.2. The summed E-state index contributed by atoms with van der Waals surface area (Å²) in [5.74, 6) is 1.14. The molecule has 0 aliphatic carbocycles. The number of fused-ring (bicyclic) bond motifs is 1. The molecule has 2 nitrogen and oxygen atoms in total. The van der Waals surface area contributed by atoms with Gasteiger partial charge in [-0.2, -0.15) is 11.8 Å². The zero-order valence-electron chi connectivity index (χ0n) is 8.94. The Bertz CT molecular complexity index is 448. The van der Waals surface area contributed by atoms with Gasteiger partial charge in [0.15, 0.2) is 0 Å². The predicted octanol–water partition coefficient (Wildman–Crippen LogP) is 2.46. The van der Waals surface area contributed by atoms with Gasteiger partial charge in [0.2, 0.25) is 0 Å². The molecule has 0 aliphatic heterocycles. The van der Waals surface area contributed by atoms with Crippen LogP contribution in [0.1, 0.15) is 5.56 Å². The Morgan fingerprint density at radius 2 is 2.20 bits per heavy atom. The summed E-state index contributed by atoms with van der Waals surface area (Å²) in [4.78, 5) is 0. The van der Waals surface area contributed by atoms with Gasteiger partial charge in [-0.3, -0.25) is 0 Å². The Morgan fingerprint density at radius 3 is 2.93 bits per heavy atom. The molecular weight excluding hydrogens is 204 g/mol. The molecule has 0 saturated heterocycles. The molecular formula is C12H16N2S. The van der Waals surface area contributed by atoms with Gasteiger partial charge < -0.3 is 10.3 Å². The largest absolute Gasteiger partial charge is 0.346 e. The molecule has 80 valence electrons. The maximum Gasteiger partial charge on any atom is 0.0526 e. The molecule has 1 aromatic heterocycles. The summed E-state index contributed by atoms with van der Waals surface area (Å²) in [5, 5.41) is 1.29. The number of hydrogen-bond acceptors (Lipinski definition) is 2. The molecule has 0 saturated carbocycles. The molecule has 0 bridgehead atoms. The lowest BCUT2D eigenvalue weighted by atomic mass is 10.1. The molecule has 0 fully saturated rings. The minimum atomic E-state index is 0.612. The Morgan fingerprint density at radius 1 is 1.33 bits per heavy atom. The smallest absolute Gasteiger partial charge is 0.0526 e. The molecule has 0 unspecified atom stereocenters. The van der Waals surface area contributed by atoms with Crippen LogP contribution in [0.25, 0.3) is 10.9 Å². The van der Waals surface area contributed by atoms with Gasteiger partial charge in [-0.1, -0.05) is 18.2 Å². The van der Waals surface area contributed by atoms with Crippen molar-refractivity contribution < 1.29 is 0 Å². The van der Waals surface area contributed by atoms with Crippen molar-refractivity contribution >= 4 is 22.7 Å². The average Bonchev–Trinajstić information content (AvgIpc) is 2.69. The molecule has 2 N–H and O–H groups in total. The van der Waals surface area contributed by atoms with E-state index in [4.69, 9.17) is 5.73 Å². The lowest BCUT2D eigenvalue weighted by molar-refractivity contribution is 0.802. The third-order valence-electron chi connectivity index (χ3n) is 2.63. The summed E-state index contributed by atoms with van der Waals surface area (Å²) >= 11 is 1.87. The molecule has 1 heterocycles. The quantitative estimate of drug-likeness (QED) is 0.858. The van der Waals surface area contributed by atoms with Crippen molar-refractivity contribution in [2.24, 2.45) is 5.73 Å². The van der Waals surface area contributed by atoms with Gasteiger partial charge in [-0.25, -0.2) is 0 Å². The van der Waals surface area contributed by atoms with Gasteiger partial charge in [0.25, 0.3) is 0 Å². The van der Waals surface area contributed by atoms with Gasteiger partial charge in [0, 0.05) is 25.0 Å². The van der Waals surface area contributed by atoms with Crippen molar-refractivity contribution in [2.75, 3.05) is 12.0 Å². The predicted molar refractivity (Wildman–Crippen MR) is 68.2 cm³/mol. The molecule has 15 heavy (non-hydrogen) atoms. The topological polar surface area (TPSA) is 30.9 Å². The maximum absolute atomic E-state index is 5.75.